The van der Waals surface area contributed by atoms with E-state index in [0.717, 1.165) is 43.5 Å². The first-order valence-electron chi connectivity index (χ1n) is 10.6. The molecule has 1 atom stereocenters. The number of hydrogen-bond donors (Lipinski definition) is 1. The number of aromatic nitrogens is 3. The minimum absolute atomic E-state index is 0.0906. The number of carbonyl (C=O) groups excluding carboxylic acids is 2. The standard InChI is InChI=1S/C21H27ClN6O2S/c1-14-4-5-16(11-17(14)22)28-13-24-25-21(28)31-12-19(29)26-9-6-15(7-10-26)27-8-2-3-18(27)20(23)30/h4-5,11,13,15,18H,2-3,6-10,12H2,1H3,(H2,23,30)/t18-/m1/s1. The second kappa shape index (κ2) is 9.58. The first kappa shape index (κ1) is 22.1. The molecule has 8 nitrogen and oxygen atoms in total. The van der Waals surface area contributed by atoms with E-state index in [2.05, 4.69) is 15.1 Å². The van der Waals surface area contributed by atoms with Crippen LogP contribution in [0.15, 0.2) is 29.7 Å². The number of nitrogens with zero attached hydrogens (tertiary/aromatic N) is 5. The molecule has 0 radical (unpaired) electrons. The molecule has 2 amide bonds. The van der Waals surface area contributed by atoms with Gasteiger partial charge in [-0.25, -0.2) is 0 Å². The van der Waals surface area contributed by atoms with Gasteiger partial charge in [0.05, 0.1) is 17.5 Å². The van der Waals surface area contributed by atoms with Gasteiger partial charge in [0.2, 0.25) is 11.8 Å². The number of thioether (sulfide) groups is 1. The van der Waals surface area contributed by atoms with E-state index < -0.39 is 0 Å². The van der Waals surface area contributed by atoms with Crippen molar-refractivity contribution in [1.82, 2.24) is 24.6 Å². The molecule has 2 N–H and O–H groups in total. The van der Waals surface area contributed by atoms with Gasteiger partial charge < -0.3 is 10.6 Å². The van der Waals surface area contributed by atoms with Crippen LogP contribution in [0.4, 0.5) is 0 Å². The maximum atomic E-state index is 12.8. The van der Waals surface area contributed by atoms with Crippen LogP contribution in [0.2, 0.25) is 5.02 Å². The monoisotopic (exact) mass is 462 g/mol. The summed E-state index contributed by atoms with van der Waals surface area (Å²) in [5.74, 6) is 0.163. The first-order chi connectivity index (χ1) is 14.9. The summed E-state index contributed by atoms with van der Waals surface area (Å²) in [5.41, 5.74) is 7.43. The third-order valence-electron chi connectivity index (χ3n) is 6.18. The third kappa shape index (κ3) is 4.88. The zero-order chi connectivity index (χ0) is 22.0. The Morgan fingerprint density at radius 3 is 2.71 bits per heavy atom. The molecule has 2 aromatic rings. The quantitative estimate of drug-likeness (QED) is 0.661. The molecule has 166 valence electrons. The van der Waals surface area contributed by atoms with Gasteiger partial charge in [-0.15, -0.1) is 10.2 Å². The van der Waals surface area contributed by atoms with E-state index in [9.17, 15) is 9.59 Å². The molecule has 2 fully saturated rings. The number of carbonyl (C=O) groups is 2. The Morgan fingerprint density at radius 2 is 2.00 bits per heavy atom. The molecule has 1 aromatic heterocycles. The van der Waals surface area contributed by atoms with Crippen LogP contribution in [-0.2, 0) is 9.59 Å². The number of primary amides is 1. The highest BCUT2D eigenvalue weighted by Gasteiger charge is 2.36. The molecule has 0 saturated carbocycles. The molecule has 2 aliphatic heterocycles. The van der Waals surface area contributed by atoms with Crippen molar-refractivity contribution in [3.8, 4) is 5.69 Å². The van der Waals surface area contributed by atoms with Crippen LogP contribution in [0, 0.1) is 6.92 Å². The van der Waals surface area contributed by atoms with E-state index in [4.69, 9.17) is 17.3 Å². The third-order valence-corrected chi connectivity index (χ3v) is 7.52. The molecule has 3 heterocycles. The fourth-order valence-corrected chi connectivity index (χ4v) is 5.43. The SMILES string of the molecule is Cc1ccc(-n2cnnc2SCC(=O)N2CCC(N3CCC[C@@H]3C(N)=O)CC2)cc1Cl. The Bertz CT molecular complexity index is 959. The Kier molecular flexibility index (Phi) is 6.83. The lowest BCUT2D eigenvalue weighted by Gasteiger charge is -2.38. The number of rotatable bonds is 6. The Labute approximate surface area is 191 Å². The molecule has 2 aliphatic rings. The van der Waals surface area contributed by atoms with Gasteiger partial charge in [0.1, 0.15) is 6.33 Å². The van der Waals surface area contributed by atoms with Crippen LogP contribution >= 0.6 is 23.4 Å². The average Bonchev–Trinajstić information content (AvgIpc) is 3.44. The molecule has 0 aliphatic carbocycles. The van der Waals surface area contributed by atoms with Gasteiger partial charge in [0, 0.05) is 24.2 Å². The van der Waals surface area contributed by atoms with Crippen molar-refractivity contribution in [2.24, 2.45) is 5.73 Å². The molecule has 0 bridgehead atoms. The Balaban J connectivity index is 1.31. The largest absolute Gasteiger partial charge is 0.368 e. The molecular formula is C21H27ClN6O2S. The first-order valence-corrected chi connectivity index (χ1v) is 11.9. The highest BCUT2D eigenvalue weighted by molar-refractivity contribution is 7.99. The van der Waals surface area contributed by atoms with Crippen molar-refractivity contribution < 1.29 is 9.59 Å². The van der Waals surface area contributed by atoms with Crippen LogP contribution < -0.4 is 5.73 Å². The Hall–Kier alpha value is -2.10. The highest BCUT2D eigenvalue weighted by atomic mass is 35.5. The van der Waals surface area contributed by atoms with Crippen molar-refractivity contribution >= 4 is 35.2 Å². The van der Waals surface area contributed by atoms with Gasteiger partial charge in [0.15, 0.2) is 5.16 Å². The second-order valence-corrected chi connectivity index (χ2v) is 9.47. The van der Waals surface area contributed by atoms with Gasteiger partial charge in [-0.05, 0) is 56.8 Å². The second-order valence-electron chi connectivity index (χ2n) is 8.12. The summed E-state index contributed by atoms with van der Waals surface area (Å²) >= 11 is 7.62. The van der Waals surface area contributed by atoms with Crippen molar-refractivity contribution in [2.45, 2.75) is 49.8 Å². The van der Waals surface area contributed by atoms with Crippen LogP contribution in [0.25, 0.3) is 5.69 Å². The van der Waals surface area contributed by atoms with Crippen molar-refractivity contribution in [3.05, 3.63) is 35.1 Å². The van der Waals surface area contributed by atoms with Gasteiger partial charge in [-0.3, -0.25) is 19.1 Å². The van der Waals surface area contributed by atoms with Crippen LogP contribution in [0.3, 0.4) is 0 Å². The van der Waals surface area contributed by atoms with Gasteiger partial charge in [-0.1, -0.05) is 29.4 Å². The van der Waals surface area contributed by atoms with Gasteiger partial charge in [0.25, 0.3) is 0 Å². The predicted molar refractivity (Wildman–Crippen MR) is 120 cm³/mol. The fraction of sp³-hybridized carbons (Fsp3) is 0.524. The molecule has 1 aromatic carbocycles. The summed E-state index contributed by atoms with van der Waals surface area (Å²) in [7, 11) is 0. The number of benzene rings is 1. The number of piperidine rings is 1. The van der Waals surface area contributed by atoms with E-state index in [1.165, 1.54) is 11.8 Å². The summed E-state index contributed by atoms with van der Waals surface area (Å²) in [6.07, 6.45) is 5.23. The number of amides is 2. The van der Waals surface area contributed by atoms with Crippen LogP contribution in [0.5, 0.6) is 0 Å². The molecule has 2 saturated heterocycles. The molecule has 0 spiro atoms. The van der Waals surface area contributed by atoms with E-state index in [1.54, 1.807) is 6.33 Å². The molecule has 31 heavy (non-hydrogen) atoms. The lowest BCUT2D eigenvalue weighted by Crippen LogP contribution is -2.51. The summed E-state index contributed by atoms with van der Waals surface area (Å²) in [6, 6.07) is 5.95. The summed E-state index contributed by atoms with van der Waals surface area (Å²) in [6.45, 7) is 4.27. The summed E-state index contributed by atoms with van der Waals surface area (Å²) < 4.78 is 1.84. The van der Waals surface area contributed by atoms with Gasteiger partial charge >= 0.3 is 0 Å². The van der Waals surface area contributed by atoms with Crippen LogP contribution in [-0.4, -0.2) is 73.8 Å². The predicted octanol–water partition coefficient (Wildman–Crippen LogP) is 2.26. The van der Waals surface area contributed by atoms with E-state index in [0.29, 0.717) is 35.1 Å². The fourth-order valence-electron chi connectivity index (χ4n) is 4.43. The van der Waals surface area contributed by atoms with Crippen molar-refractivity contribution in [1.29, 1.82) is 0 Å². The summed E-state index contributed by atoms with van der Waals surface area (Å²) in [4.78, 5) is 28.6. The number of hydrogen-bond acceptors (Lipinski definition) is 6. The number of nitrogens with two attached hydrogens (primary N) is 1. The molecule has 0 unspecified atom stereocenters. The van der Waals surface area contributed by atoms with Crippen LogP contribution in [0.1, 0.15) is 31.2 Å². The van der Waals surface area contributed by atoms with Gasteiger partial charge in [-0.2, -0.15) is 0 Å². The van der Waals surface area contributed by atoms with Crippen molar-refractivity contribution in [3.63, 3.8) is 0 Å². The lowest BCUT2D eigenvalue weighted by molar-refractivity contribution is -0.131. The lowest BCUT2D eigenvalue weighted by atomic mass is 10.0. The zero-order valence-electron chi connectivity index (χ0n) is 17.5. The maximum Gasteiger partial charge on any atom is 0.234 e. The van der Waals surface area contributed by atoms with E-state index in [1.807, 2.05) is 34.6 Å². The number of halogens is 1. The average molecular weight is 463 g/mol. The number of likely N-dealkylation sites (tertiary alicyclic amines) is 2. The van der Waals surface area contributed by atoms with E-state index >= 15 is 0 Å². The minimum Gasteiger partial charge on any atom is -0.368 e. The topological polar surface area (TPSA) is 97.3 Å². The maximum absolute atomic E-state index is 12.8. The smallest absolute Gasteiger partial charge is 0.234 e. The van der Waals surface area contributed by atoms with Crippen molar-refractivity contribution in [2.75, 3.05) is 25.4 Å². The summed E-state index contributed by atoms with van der Waals surface area (Å²) in [5, 5.41) is 9.50. The minimum atomic E-state index is -0.230. The Morgan fingerprint density at radius 1 is 1.23 bits per heavy atom. The number of aryl methyl sites for hydroxylation is 1. The van der Waals surface area contributed by atoms with E-state index in [-0.39, 0.29) is 17.9 Å². The molecule has 4 rings (SSSR count). The highest BCUT2D eigenvalue weighted by Crippen LogP contribution is 2.27. The normalized spacial score (nSPS) is 20.3. The zero-order valence-corrected chi connectivity index (χ0v) is 19.1. The molecular weight excluding hydrogens is 436 g/mol. The molecule has 10 heteroatoms.